The zero-order chi connectivity index (χ0) is 14.8. The van der Waals surface area contributed by atoms with Crippen molar-refractivity contribution in [3.05, 3.63) is 29.6 Å². The fourth-order valence-corrected chi connectivity index (χ4v) is 2.62. The van der Waals surface area contributed by atoms with Crippen LogP contribution in [0, 0.1) is 18.7 Å². The van der Waals surface area contributed by atoms with Gasteiger partial charge in [0.05, 0.1) is 11.5 Å². The maximum absolute atomic E-state index is 13.2. The molecule has 1 aliphatic rings. The first-order chi connectivity index (χ1) is 9.39. The quantitative estimate of drug-likeness (QED) is 0.793. The number of hydrogen-bond donors (Lipinski definition) is 3. The minimum Gasteiger partial charge on any atom is -0.481 e. The number of aliphatic carboxylic acids is 1. The Hall–Kier alpha value is -1.62. The molecule has 0 saturated heterocycles. The van der Waals surface area contributed by atoms with Crippen LogP contribution in [-0.4, -0.2) is 28.3 Å². The van der Waals surface area contributed by atoms with Gasteiger partial charge in [-0.1, -0.05) is 6.07 Å². The summed E-state index contributed by atoms with van der Waals surface area (Å²) >= 11 is 0. The van der Waals surface area contributed by atoms with Gasteiger partial charge in [-0.3, -0.25) is 4.79 Å². The van der Waals surface area contributed by atoms with E-state index < -0.39 is 11.6 Å². The number of carboxylic acids is 1. The van der Waals surface area contributed by atoms with Gasteiger partial charge in [-0.15, -0.1) is 0 Å². The summed E-state index contributed by atoms with van der Waals surface area (Å²) in [7, 11) is 0. The van der Waals surface area contributed by atoms with E-state index in [1.54, 1.807) is 6.07 Å². The Morgan fingerprint density at radius 2 is 2.10 bits per heavy atom. The van der Waals surface area contributed by atoms with Gasteiger partial charge in [0.15, 0.2) is 0 Å². The van der Waals surface area contributed by atoms with Gasteiger partial charge in [-0.25, -0.2) is 4.39 Å². The summed E-state index contributed by atoms with van der Waals surface area (Å²) in [6.07, 6.45) is 1.86. The molecule has 0 aliphatic heterocycles. The topological polar surface area (TPSA) is 69.6 Å². The Bertz CT molecular complexity index is 496. The lowest BCUT2D eigenvalue weighted by Gasteiger charge is -2.35. The smallest absolute Gasteiger partial charge is 0.306 e. The van der Waals surface area contributed by atoms with Gasteiger partial charge in [-0.05, 0) is 50.3 Å². The van der Waals surface area contributed by atoms with Gasteiger partial charge in [0, 0.05) is 12.2 Å². The molecule has 2 rings (SSSR count). The van der Waals surface area contributed by atoms with E-state index in [1.807, 2.05) is 6.92 Å². The first kappa shape index (κ1) is 14.8. The second-order valence-electron chi connectivity index (χ2n) is 5.65. The molecule has 0 radical (unpaired) electrons. The predicted octanol–water partition coefficient (Wildman–Crippen LogP) is 2.55. The van der Waals surface area contributed by atoms with Crippen LogP contribution in [0.25, 0.3) is 0 Å². The van der Waals surface area contributed by atoms with Gasteiger partial charge in [0.2, 0.25) is 0 Å². The molecular weight excluding hydrogens is 261 g/mol. The Balaban J connectivity index is 1.94. The molecule has 1 saturated carbocycles. The monoisotopic (exact) mass is 281 g/mol. The minimum atomic E-state index is -0.912. The molecule has 1 aliphatic carbocycles. The lowest BCUT2D eigenvalue weighted by atomic mass is 9.79. The molecule has 0 amide bonds. The highest BCUT2D eigenvalue weighted by molar-refractivity contribution is 5.70. The first-order valence-electron chi connectivity index (χ1n) is 6.85. The summed E-state index contributed by atoms with van der Waals surface area (Å²) in [5.74, 6) is -1.47. The molecule has 1 fully saturated rings. The second kappa shape index (κ2) is 5.79. The number of anilines is 1. The third kappa shape index (κ3) is 3.48. The average Bonchev–Trinajstić information content (AvgIpc) is 2.40. The van der Waals surface area contributed by atoms with E-state index in [-0.39, 0.29) is 11.7 Å². The Morgan fingerprint density at radius 3 is 2.70 bits per heavy atom. The van der Waals surface area contributed by atoms with Crippen molar-refractivity contribution in [2.45, 2.75) is 38.2 Å². The van der Waals surface area contributed by atoms with E-state index in [2.05, 4.69) is 5.32 Å². The van der Waals surface area contributed by atoms with Crippen molar-refractivity contribution < 1.29 is 19.4 Å². The van der Waals surface area contributed by atoms with Crippen LogP contribution < -0.4 is 5.32 Å². The van der Waals surface area contributed by atoms with Gasteiger partial charge in [0.25, 0.3) is 0 Å². The SMILES string of the molecule is Cc1ccc(F)cc1NCC1(O)CCC(C(=O)O)CC1. The molecule has 3 N–H and O–H groups in total. The molecule has 0 heterocycles. The van der Waals surface area contributed by atoms with Crippen molar-refractivity contribution in [1.29, 1.82) is 0 Å². The third-order valence-corrected chi connectivity index (χ3v) is 4.07. The standard InChI is InChI=1S/C15H20FNO3/c1-10-2-3-12(16)8-13(10)17-9-15(20)6-4-11(5-7-15)14(18)19/h2-3,8,11,17,20H,4-7,9H2,1H3,(H,18,19). The van der Waals surface area contributed by atoms with Crippen LogP contribution in [-0.2, 0) is 4.79 Å². The number of benzene rings is 1. The molecule has 5 heteroatoms. The van der Waals surface area contributed by atoms with Crippen LogP contribution in [0.1, 0.15) is 31.2 Å². The normalized spacial score (nSPS) is 26.2. The number of aryl methyl sites for hydroxylation is 1. The van der Waals surface area contributed by atoms with Crippen LogP contribution in [0.5, 0.6) is 0 Å². The molecule has 0 unspecified atom stereocenters. The highest BCUT2D eigenvalue weighted by atomic mass is 19.1. The summed E-state index contributed by atoms with van der Waals surface area (Å²) < 4.78 is 13.2. The van der Waals surface area contributed by atoms with E-state index in [0.29, 0.717) is 37.9 Å². The van der Waals surface area contributed by atoms with Crippen LogP contribution in [0.15, 0.2) is 18.2 Å². The maximum Gasteiger partial charge on any atom is 0.306 e. The zero-order valence-corrected chi connectivity index (χ0v) is 11.5. The number of nitrogens with one attached hydrogen (secondary N) is 1. The number of rotatable bonds is 4. The first-order valence-corrected chi connectivity index (χ1v) is 6.85. The molecule has 4 nitrogen and oxygen atoms in total. The van der Waals surface area contributed by atoms with Crippen LogP contribution in [0.4, 0.5) is 10.1 Å². The fourth-order valence-electron chi connectivity index (χ4n) is 2.62. The highest BCUT2D eigenvalue weighted by Crippen LogP contribution is 2.32. The van der Waals surface area contributed by atoms with Crippen molar-refractivity contribution in [2.24, 2.45) is 5.92 Å². The third-order valence-electron chi connectivity index (χ3n) is 4.07. The lowest BCUT2D eigenvalue weighted by molar-refractivity contribution is -0.144. The number of halogens is 1. The second-order valence-corrected chi connectivity index (χ2v) is 5.65. The maximum atomic E-state index is 13.2. The molecule has 0 aromatic heterocycles. The summed E-state index contributed by atoms with van der Waals surface area (Å²) in [5.41, 5.74) is 0.665. The summed E-state index contributed by atoms with van der Waals surface area (Å²) in [4.78, 5) is 10.9. The molecule has 110 valence electrons. The van der Waals surface area contributed by atoms with Crippen molar-refractivity contribution in [2.75, 3.05) is 11.9 Å². The largest absolute Gasteiger partial charge is 0.481 e. The van der Waals surface area contributed by atoms with Crippen molar-refractivity contribution in [3.63, 3.8) is 0 Å². The molecule has 0 spiro atoms. The summed E-state index contributed by atoms with van der Waals surface area (Å²) in [6.45, 7) is 2.18. The van der Waals surface area contributed by atoms with Gasteiger partial charge in [-0.2, -0.15) is 0 Å². The molecule has 0 bridgehead atoms. The minimum absolute atomic E-state index is 0.309. The van der Waals surface area contributed by atoms with Gasteiger partial charge >= 0.3 is 5.97 Å². The molecule has 0 atom stereocenters. The number of carbonyl (C=O) groups is 1. The average molecular weight is 281 g/mol. The number of aliphatic hydroxyl groups is 1. The Kier molecular flexibility index (Phi) is 4.28. The van der Waals surface area contributed by atoms with E-state index >= 15 is 0 Å². The molecule has 1 aromatic rings. The van der Waals surface area contributed by atoms with E-state index in [1.165, 1.54) is 12.1 Å². The van der Waals surface area contributed by atoms with Crippen LogP contribution in [0.3, 0.4) is 0 Å². The van der Waals surface area contributed by atoms with Gasteiger partial charge < -0.3 is 15.5 Å². The van der Waals surface area contributed by atoms with Crippen LogP contribution in [0.2, 0.25) is 0 Å². The van der Waals surface area contributed by atoms with E-state index in [0.717, 1.165) is 5.56 Å². The number of hydrogen-bond acceptors (Lipinski definition) is 3. The Morgan fingerprint density at radius 1 is 1.45 bits per heavy atom. The molecule has 1 aromatic carbocycles. The van der Waals surface area contributed by atoms with E-state index in [9.17, 15) is 14.3 Å². The van der Waals surface area contributed by atoms with Crippen molar-refractivity contribution in [3.8, 4) is 0 Å². The lowest BCUT2D eigenvalue weighted by Crippen LogP contribution is -2.41. The zero-order valence-electron chi connectivity index (χ0n) is 11.5. The molecule has 20 heavy (non-hydrogen) atoms. The van der Waals surface area contributed by atoms with Crippen LogP contribution >= 0.6 is 0 Å². The van der Waals surface area contributed by atoms with Gasteiger partial charge in [0.1, 0.15) is 5.82 Å². The molecular formula is C15H20FNO3. The number of carboxylic acid groups (broad SMARTS) is 1. The summed E-state index contributed by atoms with van der Waals surface area (Å²) in [6, 6.07) is 4.48. The summed E-state index contributed by atoms with van der Waals surface area (Å²) in [5, 5.41) is 22.5. The fraction of sp³-hybridized carbons (Fsp3) is 0.533. The highest BCUT2D eigenvalue weighted by Gasteiger charge is 2.35. The van der Waals surface area contributed by atoms with E-state index in [4.69, 9.17) is 5.11 Å². The Labute approximate surface area is 117 Å². The van der Waals surface area contributed by atoms with Crippen molar-refractivity contribution >= 4 is 11.7 Å². The van der Waals surface area contributed by atoms with Crippen molar-refractivity contribution in [1.82, 2.24) is 0 Å². The predicted molar refractivity (Wildman–Crippen MR) is 74.2 cm³/mol.